The van der Waals surface area contributed by atoms with Crippen molar-refractivity contribution in [2.45, 2.75) is 24.4 Å². The summed E-state index contributed by atoms with van der Waals surface area (Å²) < 4.78 is 1.62. The second-order valence-corrected chi connectivity index (χ2v) is 12.8. The number of thioether (sulfide) groups is 1. The maximum atomic E-state index is 13.5. The van der Waals surface area contributed by atoms with Crippen LogP contribution in [0, 0.1) is 0 Å². The minimum absolute atomic E-state index is 0.0224. The number of fused-ring (bicyclic) bond motifs is 1. The van der Waals surface area contributed by atoms with Crippen LogP contribution < -0.4 is 25.8 Å². The first kappa shape index (κ1) is 32.2. The second-order valence-electron chi connectivity index (χ2n) is 10.8. The Morgan fingerprint density at radius 1 is 1.19 bits per heavy atom. The van der Waals surface area contributed by atoms with Gasteiger partial charge in [0.05, 0.1) is 0 Å². The zero-order valence-corrected chi connectivity index (χ0v) is 26.4. The molecule has 5 heterocycles. The number of hydrogen-bond donors (Lipinski definition) is 6. The monoisotopic (exact) mass is 691 g/mol. The lowest BCUT2D eigenvalue weighted by Crippen LogP contribution is -2.71. The molecule has 2 saturated heterocycles. The van der Waals surface area contributed by atoms with Crippen molar-refractivity contribution in [3.05, 3.63) is 82.8 Å². The van der Waals surface area contributed by atoms with Crippen LogP contribution in [0.4, 0.5) is 16.5 Å². The molecule has 1 aromatic carbocycles. The molecule has 2 atom stereocenters. The van der Waals surface area contributed by atoms with Crippen LogP contribution in [0.2, 0.25) is 0 Å². The average molecular weight is 692 g/mol. The number of nitrogens with two attached hydrogens (primary N) is 1. The van der Waals surface area contributed by atoms with Gasteiger partial charge in [-0.15, -0.1) is 23.1 Å². The smallest absolute Gasteiger partial charge is 0.352 e. The number of rotatable bonds is 9. The molecule has 48 heavy (non-hydrogen) atoms. The molecular formula is C30H27N8O8S2+. The van der Waals surface area contributed by atoms with E-state index in [1.54, 1.807) is 41.2 Å². The molecule has 4 amide bonds. The van der Waals surface area contributed by atoms with E-state index in [2.05, 4.69) is 20.8 Å². The fourth-order valence-corrected chi connectivity index (χ4v) is 7.31. The van der Waals surface area contributed by atoms with Gasteiger partial charge in [0, 0.05) is 35.0 Å². The summed E-state index contributed by atoms with van der Waals surface area (Å²) in [4.78, 5) is 70.8. The number of aromatic hydroxyl groups is 1. The number of pyridine rings is 1. The van der Waals surface area contributed by atoms with Crippen molar-refractivity contribution in [3.8, 4) is 5.75 Å². The average Bonchev–Trinajstić information content (AvgIpc) is 3.65. The van der Waals surface area contributed by atoms with Gasteiger partial charge in [0.2, 0.25) is 6.54 Å². The van der Waals surface area contributed by atoms with Crippen LogP contribution in [-0.2, 0) is 30.5 Å². The number of benzene rings is 1. The Bertz CT molecular complexity index is 1940. The molecule has 6 rings (SSSR count). The summed E-state index contributed by atoms with van der Waals surface area (Å²) in [5, 5.41) is 37.9. The zero-order chi connectivity index (χ0) is 34.1. The first-order chi connectivity index (χ1) is 23.0. The number of anilines is 3. The maximum Gasteiger partial charge on any atom is 0.352 e. The number of hydrogen-bond acceptors (Lipinski definition) is 12. The molecule has 0 spiro atoms. The third kappa shape index (κ3) is 6.29. The number of nitrogens with one attached hydrogen (secondary N) is 2. The molecule has 0 bridgehead atoms. The lowest BCUT2D eigenvalue weighted by molar-refractivity contribution is -0.683. The van der Waals surface area contributed by atoms with Gasteiger partial charge in [-0.05, 0) is 48.4 Å². The third-order valence-electron chi connectivity index (χ3n) is 7.67. The van der Waals surface area contributed by atoms with E-state index in [-0.39, 0.29) is 52.0 Å². The second kappa shape index (κ2) is 13.2. The molecule has 3 aliphatic rings. The minimum Gasteiger partial charge on any atom is -0.508 e. The molecule has 0 radical (unpaired) electrons. The van der Waals surface area contributed by atoms with Crippen LogP contribution in [-0.4, -0.2) is 84.3 Å². The van der Waals surface area contributed by atoms with Gasteiger partial charge in [-0.1, -0.05) is 5.16 Å². The number of oxime groups is 1. The molecule has 3 aliphatic heterocycles. The van der Waals surface area contributed by atoms with E-state index in [9.17, 15) is 39.4 Å². The standard InChI is InChI=1S/C30H26N8O8S2/c31-30-33-20(14-48-30)22(35-46)25(41)34-23-27(43)38-24(29(44)45)16(13-47-28(23)38)10-15-7-9-37(26(15)42)18-2-1-8-36(11-18)12-21(40)32-17-3-5-19(39)6-4-17/h1-6,8,10-11,14,23,28H,7,9,12-13H2,(H6-,31,32,33,34,35,39,40,41,44,45,46)/p+1/b15-10+/t23-,28-/m1/s1. The molecule has 0 saturated carbocycles. The largest absolute Gasteiger partial charge is 0.508 e. The highest BCUT2D eigenvalue weighted by Crippen LogP contribution is 2.41. The third-order valence-corrected chi connectivity index (χ3v) is 9.65. The Hall–Kier alpha value is -5.75. The fourth-order valence-electron chi connectivity index (χ4n) is 5.45. The van der Waals surface area contributed by atoms with Crippen molar-refractivity contribution in [1.29, 1.82) is 0 Å². The van der Waals surface area contributed by atoms with E-state index < -0.39 is 34.9 Å². The number of thiazole rings is 1. The maximum absolute atomic E-state index is 13.5. The number of carbonyl (C=O) groups excluding carboxylic acids is 4. The highest BCUT2D eigenvalue weighted by atomic mass is 32.2. The predicted octanol–water partition coefficient (Wildman–Crippen LogP) is 0.637. The van der Waals surface area contributed by atoms with Crippen molar-refractivity contribution in [1.82, 2.24) is 15.2 Å². The van der Waals surface area contributed by atoms with Crippen molar-refractivity contribution >= 4 is 74.9 Å². The van der Waals surface area contributed by atoms with Crippen molar-refractivity contribution in [2.75, 3.05) is 28.2 Å². The number of phenolic OH excluding ortho intramolecular Hbond substituents is 1. The van der Waals surface area contributed by atoms with Crippen LogP contribution in [0.15, 0.2) is 82.2 Å². The number of carboxylic acids is 1. The first-order valence-electron chi connectivity index (χ1n) is 14.3. The molecule has 2 aromatic heterocycles. The van der Waals surface area contributed by atoms with Gasteiger partial charge < -0.3 is 36.7 Å². The molecule has 16 nitrogen and oxygen atoms in total. The molecule has 7 N–H and O–H groups in total. The van der Waals surface area contributed by atoms with Crippen LogP contribution in [0.1, 0.15) is 12.1 Å². The first-order valence-corrected chi connectivity index (χ1v) is 16.2. The lowest BCUT2D eigenvalue weighted by atomic mass is 10.0. The van der Waals surface area contributed by atoms with Gasteiger partial charge in [-0.3, -0.25) is 24.1 Å². The van der Waals surface area contributed by atoms with E-state index in [0.29, 0.717) is 29.9 Å². The molecule has 3 aromatic rings. The summed E-state index contributed by atoms with van der Waals surface area (Å²) in [6, 6.07) is 8.39. The quantitative estimate of drug-likeness (QED) is 0.0347. The molecule has 18 heteroatoms. The van der Waals surface area contributed by atoms with Gasteiger partial charge >= 0.3 is 5.97 Å². The lowest BCUT2D eigenvalue weighted by Gasteiger charge is -2.49. The number of β-lactam (4-membered cyclic amide) rings is 1. The van der Waals surface area contributed by atoms with Gasteiger partial charge in [0.15, 0.2) is 23.2 Å². The summed E-state index contributed by atoms with van der Waals surface area (Å²) in [6.07, 6.45) is 5.16. The highest BCUT2D eigenvalue weighted by molar-refractivity contribution is 8.00. The number of allylic oxidation sites excluding steroid dienone is 1. The van der Waals surface area contributed by atoms with Crippen LogP contribution >= 0.6 is 23.1 Å². The number of carboxylic acid groups (broad SMARTS) is 1. The Morgan fingerprint density at radius 2 is 1.96 bits per heavy atom. The highest BCUT2D eigenvalue weighted by Gasteiger charge is 2.54. The molecule has 0 unspecified atom stereocenters. The molecule has 246 valence electrons. The molecule has 0 aliphatic carbocycles. The molecular weight excluding hydrogens is 665 g/mol. The number of aliphatic carboxylic acids is 1. The number of phenols is 1. The predicted molar refractivity (Wildman–Crippen MR) is 173 cm³/mol. The minimum atomic E-state index is -1.36. The summed E-state index contributed by atoms with van der Waals surface area (Å²) >= 11 is 2.25. The van der Waals surface area contributed by atoms with Gasteiger partial charge in [-0.25, -0.2) is 9.78 Å². The number of aromatic nitrogens is 2. The number of nitrogen functional groups attached to an aromatic ring is 1. The normalized spacial score (nSPS) is 20.1. The number of carbonyl (C=O) groups is 5. The fraction of sp³-hybridized carbons (Fsp3) is 0.200. The van der Waals surface area contributed by atoms with Gasteiger partial charge in [-0.2, -0.15) is 4.57 Å². The summed E-state index contributed by atoms with van der Waals surface area (Å²) in [7, 11) is 0. The van der Waals surface area contributed by atoms with E-state index in [4.69, 9.17) is 5.73 Å². The Balaban J connectivity index is 1.14. The van der Waals surface area contributed by atoms with E-state index in [1.807, 2.05) is 0 Å². The number of amides is 4. The van der Waals surface area contributed by atoms with Gasteiger partial charge in [0.25, 0.3) is 23.6 Å². The topological polar surface area (TPSA) is 232 Å². The Kier molecular flexibility index (Phi) is 8.83. The Morgan fingerprint density at radius 3 is 2.65 bits per heavy atom. The Labute approximate surface area is 279 Å². The van der Waals surface area contributed by atoms with Crippen LogP contribution in [0.3, 0.4) is 0 Å². The van der Waals surface area contributed by atoms with Gasteiger partial charge in [0.1, 0.15) is 34.2 Å². The number of nitrogens with zero attached hydrogens (tertiary/aromatic N) is 5. The van der Waals surface area contributed by atoms with Crippen molar-refractivity contribution in [3.63, 3.8) is 0 Å². The molecule has 2 fully saturated rings. The van der Waals surface area contributed by atoms with E-state index in [0.717, 1.165) is 16.2 Å². The van der Waals surface area contributed by atoms with Crippen molar-refractivity contribution < 1.29 is 44.0 Å². The zero-order valence-electron chi connectivity index (χ0n) is 24.8. The summed E-state index contributed by atoms with van der Waals surface area (Å²) in [5.74, 6) is -3.36. The van der Waals surface area contributed by atoms with Crippen LogP contribution in [0.5, 0.6) is 5.75 Å². The summed E-state index contributed by atoms with van der Waals surface area (Å²) in [6.45, 7) is 0.279. The van der Waals surface area contributed by atoms with E-state index in [1.165, 1.54) is 40.3 Å². The van der Waals surface area contributed by atoms with Crippen LogP contribution in [0.25, 0.3) is 0 Å². The van der Waals surface area contributed by atoms with E-state index >= 15 is 0 Å². The SMILES string of the molecule is Nc1nc(/C(=N/O)C(=O)N[C@@H]2C(=O)N3C(C(=O)O)=C(/C=C4\CCN(c5ccc[n+](CC(=O)Nc6ccc(O)cc6)c5)C4=O)CS[C@H]23)cs1. The van der Waals surface area contributed by atoms with Crippen molar-refractivity contribution in [2.24, 2.45) is 5.16 Å². The summed E-state index contributed by atoms with van der Waals surface area (Å²) in [5.41, 5.74) is 6.57.